The molecule has 6 heteroatoms. The van der Waals surface area contributed by atoms with Crippen molar-refractivity contribution in [2.75, 3.05) is 6.54 Å². The third kappa shape index (κ3) is 6.45. The van der Waals surface area contributed by atoms with Crippen LogP contribution in [0.4, 0.5) is 0 Å². The molecule has 0 aliphatic heterocycles. The minimum Gasteiger partial charge on any atom is -0.345 e. The second-order valence-electron chi connectivity index (χ2n) is 5.02. The van der Waals surface area contributed by atoms with E-state index >= 15 is 0 Å². The van der Waals surface area contributed by atoms with Crippen LogP contribution in [0.15, 0.2) is 0 Å². The van der Waals surface area contributed by atoms with Crippen LogP contribution in [0.5, 0.6) is 0 Å². The summed E-state index contributed by atoms with van der Waals surface area (Å²) in [5.41, 5.74) is 5.46. The normalized spacial score (nSPS) is 15.7. The lowest BCUT2D eigenvalue weighted by Gasteiger charge is -2.23. The number of carbonyl (C=O) groups is 3. The maximum Gasteiger partial charge on any atom is 0.237 e. The first-order valence-corrected chi connectivity index (χ1v) is 6.60. The molecule has 0 aliphatic rings. The Balaban J connectivity index is 4.50. The van der Waals surface area contributed by atoms with Gasteiger partial charge in [0.25, 0.3) is 0 Å². The first-order valence-electron chi connectivity index (χ1n) is 6.60. The van der Waals surface area contributed by atoms with E-state index in [0.29, 0.717) is 6.42 Å². The van der Waals surface area contributed by atoms with E-state index in [-0.39, 0.29) is 30.2 Å². The molecule has 19 heavy (non-hydrogen) atoms. The lowest BCUT2D eigenvalue weighted by molar-refractivity contribution is -0.129. The molecular formula is C13H25N3O3. The van der Waals surface area contributed by atoms with Gasteiger partial charge in [0.05, 0.1) is 24.7 Å². The predicted octanol–water partition coefficient (Wildman–Crippen LogP) is -0.389. The van der Waals surface area contributed by atoms with Crippen molar-refractivity contribution in [1.82, 2.24) is 10.6 Å². The molecule has 3 atom stereocenters. The molecule has 0 bridgehead atoms. The van der Waals surface area contributed by atoms with Crippen LogP contribution >= 0.6 is 0 Å². The van der Waals surface area contributed by atoms with Crippen molar-refractivity contribution in [2.45, 2.75) is 52.2 Å². The second-order valence-corrected chi connectivity index (χ2v) is 5.02. The molecule has 110 valence electrons. The Hall–Kier alpha value is -1.27. The van der Waals surface area contributed by atoms with E-state index in [2.05, 4.69) is 10.6 Å². The number of amides is 1. The third-order valence-electron chi connectivity index (χ3n) is 2.87. The highest BCUT2D eigenvalue weighted by atomic mass is 16.2. The summed E-state index contributed by atoms with van der Waals surface area (Å²) in [6.45, 7) is 7.17. The monoisotopic (exact) mass is 271 g/mol. The zero-order valence-electron chi connectivity index (χ0n) is 12.1. The van der Waals surface area contributed by atoms with Gasteiger partial charge in [0.15, 0.2) is 5.78 Å². The van der Waals surface area contributed by atoms with Crippen molar-refractivity contribution in [3.05, 3.63) is 0 Å². The number of hydrogen-bond acceptors (Lipinski definition) is 5. The highest BCUT2D eigenvalue weighted by Gasteiger charge is 2.25. The van der Waals surface area contributed by atoms with Crippen LogP contribution in [0, 0.1) is 5.92 Å². The standard InChI is InChI=1S/C13H25N3O3/c1-5-10(7-17)15-6-11(18)12(8(2)3)16-13(19)9(4)14/h7-10,12,15H,5-6,14H2,1-4H3,(H,16,19)/t9?,10-,12-/m0/s1. The van der Waals surface area contributed by atoms with Gasteiger partial charge < -0.3 is 21.2 Å². The van der Waals surface area contributed by atoms with Gasteiger partial charge in [-0.15, -0.1) is 0 Å². The van der Waals surface area contributed by atoms with Gasteiger partial charge in [0.1, 0.15) is 6.29 Å². The number of nitrogens with one attached hydrogen (secondary N) is 2. The van der Waals surface area contributed by atoms with Gasteiger partial charge in [-0.25, -0.2) is 0 Å². The highest BCUT2D eigenvalue weighted by Crippen LogP contribution is 2.03. The van der Waals surface area contributed by atoms with E-state index in [0.717, 1.165) is 6.29 Å². The SMILES string of the molecule is CC[C@@H](C=O)NCC(=O)[C@@H](NC(=O)C(C)N)C(C)C. The van der Waals surface area contributed by atoms with Crippen LogP contribution in [-0.4, -0.2) is 42.6 Å². The Kier molecular flexibility index (Phi) is 8.18. The van der Waals surface area contributed by atoms with Crippen LogP contribution in [0.25, 0.3) is 0 Å². The summed E-state index contributed by atoms with van der Waals surface area (Å²) in [6, 6.07) is -1.57. The Morgan fingerprint density at radius 3 is 2.21 bits per heavy atom. The zero-order chi connectivity index (χ0) is 15.0. The molecule has 0 heterocycles. The summed E-state index contributed by atoms with van der Waals surface area (Å²) in [6.07, 6.45) is 1.40. The van der Waals surface area contributed by atoms with Crippen molar-refractivity contribution in [3.8, 4) is 0 Å². The molecule has 0 spiro atoms. The van der Waals surface area contributed by atoms with E-state index in [1.807, 2.05) is 20.8 Å². The molecule has 6 nitrogen and oxygen atoms in total. The molecule has 0 saturated heterocycles. The fourth-order valence-electron chi connectivity index (χ4n) is 1.53. The molecule has 0 rings (SSSR count). The highest BCUT2D eigenvalue weighted by molar-refractivity contribution is 5.92. The average molecular weight is 271 g/mol. The molecule has 1 amide bonds. The molecule has 0 aliphatic carbocycles. The Bertz CT molecular complexity index is 316. The molecular weight excluding hydrogens is 246 g/mol. The number of Topliss-reactive ketones (excluding diaryl/α,β-unsaturated/α-hetero) is 1. The minimum atomic E-state index is -0.652. The molecule has 1 unspecified atom stereocenters. The predicted molar refractivity (Wildman–Crippen MR) is 73.6 cm³/mol. The van der Waals surface area contributed by atoms with Crippen molar-refractivity contribution >= 4 is 18.0 Å². The number of rotatable bonds is 9. The van der Waals surface area contributed by atoms with Crippen LogP contribution in [0.2, 0.25) is 0 Å². The van der Waals surface area contributed by atoms with E-state index < -0.39 is 12.1 Å². The number of aldehydes is 1. The van der Waals surface area contributed by atoms with Gasteiger partial charge in [0, 0.05) is 0 Å². The summed E-state index contributed by atoms with van der Waals surface area (Å²) in [7, 11) is 0. The maximum atomic E-state index is 12.0. The molecule has 0 aromatic carbocycles. The van der Waals surface area contributed by atoms with Crippen molar-refractivity contribution in [2.24, 2.45) is 11.7 Å². The average Bonchev–Trinajstić information content (AvgIpc) is 2.35. The smallest absolute Gasteiger partial charge is 0.237 e. The van der Waals surface area contributed by atoms with Crippen molar-refractivity contribution < 1.29 is 14.4 Å². The van der Waals surface area contributed by atoms with Gasteiger partial charge in [-0.2, -0.15) is 0 Å². The minimum absolute atomic E-state index is 0.0340. The topological polar surface area (TPSA) is 101 Å². The summed E-state index contributed by atoms with van der Waals surface area (Å²) >= 11 is 0. The maximum absolute atomic E-state index is 12.0. The van der Waals surface area contributed by atoms with E-state index in [1.165, 1.54) is 0 Å². The first kappa shape index (κ1) is 17.7. The summed E-state index contributed by atoms with van der Waals surface area (Å²) in [5.74, 6) is -0.535. The van der Waals surface area contributed by atoms with Crippen LogP contribution in [0.3, 0.4) is 0 Å². The summed E-state index contributed by atoms with van der Waals surface area (Å²) in [5, 5.41) is 5.49. The lowest BCUT2D eigenvalue weighted by atomic mass is 9.99. The first-order chi connectivity index (χ1) is 8.83. The molecule has 0 aromatic rings. The number of hydrogen-bond donors (Lipinski definition) is 3. The number of ketones is 1. The molecule has 0 radical (unpaired) electrons. The molecule has 0 saturated carbocycles. The van der Waals surface area contributed by atoms with Crippen LogP contribution < -0.4 is 16.4 Å². The fourth-order valence-corrected chi connectivity index (χ4v) is 1.53. The Morgan fingerprint density at radius 1 is 1.26 bits per heavy atom. The summed E-state index contributed by atoms with van der Waals surface area (Å²) in [4.78, 5) is 34.3. The fraction of sp³-hybridized carbons (Fsp3) is 0.769. The number of carbonyl (C=O) groups excluding carboxylic acids is 3. The van der Waals surface area contributed by atoms with Gasteiger partial charge >= 0.3 is 0 Å². The Labute approximate surface area is 114 Å². The van der Waals surface area contributed by atoms with E-state index in [9.17, 15) is 14.4 Å². The largest absolute Gasteiger partial charge is 0.345 e. The third-order valence-corrected chi connectivity index (χ3v) is 2.87. The summed E-state index contributed by atoms with van der Waals surface area (Å²) < 4.78 is 0. The second kappa shape index (κ2) is 8.77. The molecule has 0 fully saturated rings. The Morgan fingerprint density at radius 2 is 1.84 bits per heavy atom. The van der Waals surface area contributed by atoms with Crippen molar-refractivity contribution in [3.63, 3.8) is 0 Å². The zero-order valence-corrected chi connectivity index (χ0v) is 12.1. The quantitative estimate of drug-likeness (QED) is 0.496. The van der Waals surface area contributed by atoms with Gasteiger partial charge in [-0.05, 0) is 19.3 Å². The number of nitrogens with two attached hydrogens (primary N) is 1. The van der Waals surface area contributed by atoms with Gasteiger partial charge in [0.2, 0.25) is 5.91 Å². The van der Waals surface area contributed by atoms with E-state index in [4.69, 9.17) is 5.73 Å². The van der Waals surface area contributed by atoms with Gasteiger partial charge in [-0.1, -0.05) is 20.8 Å². The van der Waals surface area contributed by atoms with Gasteiger partial charge in [-0.3, -0.25) is 9.59 Å². The van der Waals surface area contributed by atoms with Crippen molar-refractivity contribution in [1.29, 1.82) is 0 Å². The lowest BCUT2D eigenvalue weighted by Crippen LogP contribution is -2.52. The van der Waals surface area contributed by atoms with E-state index in [1.54, 1.807) is 6.92 Å². The van der Waals surface area contributed by atoms with Crippen LogP contribution in [0.1, 0.15) is 34.1 Å². The molecule has 0 aromatic heterocycles. The van der Waals surface area contributed by atoms with Crippen LogP contribution in [-0.2, 0) is 14.4 Å². The molecule has 4 N–H and O–H groups in total.